The van der Waals surface area contributed by atoms with Crippen molar-refractivity contribution in [2.24, 2.45) is 0 Å². The molecule has 1 aromatic carbocycles. The van der Waals surface area contributed by atoms with E-state index < -0.39 is 0 Å². The Labute approximate surface area is 106 Å². The van der Waals surface area contributed by atoms with Crippen LogP contribution in [0.5, 0.6) is 0 Å². The van der Waals surface area contributed by atoms with Crippen LogP contribution in [0.15, 0.2) is 18.2 Å². The first-order valence-electron chi connectivity index (χ1n) is 4.07. The second kappa shape index (κ2) is 4.66. The van der Waals surface area contributed by atoms with Crippen LogP contribution >= 0.6 is 46.1 Å². The van der Waals surface area contributed by atoms with E-state index in [1.54, 1.807) is 6.07 Å². The highest BCUT2D eigenvalue weighted by atomic mass is 35.5. The SMILES string of the molecule is Clc1nnc(Cc2ccc(Cl)c(Cl)c2)s1. The Bertz CT molecular complexity index is 484. The number of halogens is 3. The van der Waals surface area contributed by atoms with Crippen molar-refractivity contribution in [2.45, 2.75) is 6.42 Å². The molecule has 0 amide bonds. The molecule has 0 saturated carbocycles. The number of nitrogens with zero attached hydrogens (tertiary/aromatic N) is 2. The molecule has 0 N–H and O–H groups in total. The van der Waals surface area contributed by atoms with E-state index in [2.05, 4.69) is 10.2 Å². The molecule has 0 aliphatic rings. The van der Waals surface area contributed by atoms with E-state index in [4.69, 9.17) is 34.8 Å². The predicted octanol–water partition coefficient (Wildman–Crippen LogP) is 4.09. The molecular weight excluding hydrogens is 275 g/mol. The maximum atomic E-state index is 5.89. The molecule has 0 fully saturated rings. The molecule has 2 rings (SSSR count). The Balaban J connectivity index is 2.21. The van der Waals surface area contributed by atoms with Crippen molar-refractivity contribution in [1.29, 1.82) is 0 Å². The van der Waals surface area contributed by atoms with Gasteiger partial charge in [0.15, 0.2) is 0 Å². The highest BCUT2D eigenvalue weighted by molar-refractivity contribution is 7.15. The van der Waals surface area contributed by atoms with Crippen LogP contribution in [-0.4, -0.2) is 10.2 Å². The lowest BCUT2D eigenvalue weighted by atomic mass is 10.2. The van der Waals surface area contributed by atoms with E-state index >= 15 is 0 Å². The van der Waals surface area contributed by atoms with E-state index in [-0.39, 0.29) is 0 Å². The van der Waals surface area contributed by atoms with Gasteiger partial charge in [-0.15, -0.1) is 10.2 Å². The topological polar surface area (TPSA) is 25.8 Å². The Morgan fingerprint density at radius 2 is 1.87 bits per heavy atom. The van der Waals surface area contributed by atoms with Gasteiger partial charge in [0.1, 0.15) is 5.01 Å². The van der Waals surface area contributed by atoms with Gasteiger partial charge in [-0.3, -0.25) is 0 Å². The lowest BCUT2D eigenvalue weighted by molar-refractivity contribution is 1.00. The van der Waals surface area contributed by atoms with Gasteiger partial charge in [0.25, 0.3) is 0 Å². The third kappa shape index (κ3) is 2.82. The van der Waals surface area contributed by atoms with E-state index in [1.807, 2.05) is 12.1 Å². The highest BCUT2D eigenvalue weighted by Crippen LogP contribution is 2.25. The molecule has 0 saturated heterocycles. The van der Waals surface area contributed by atoms with Gasteiger partial charge < -0.3 is 0 Å². The maximum Gasteiger partial charge on any atom is 0.207 e. The number of benzene rings is 1. The van der Waals surface area contributed by atoms with E-state index in [1.165, 1.54) is 11.3 Å². The van der Waals surface area contributed by atoms with E-state index in [0.717, 1.165) is 10.6 Å². The summed E-state index contributed by atoms with van der Waals surface area (Å²) in [5.74, 6) is 0. The predicted molar refractivity (Wildman–Crippen MR) is 64.2 cm³/mol. The van der Waals surface area contributed by atoms with Crippen molar-refractivity contribution >= 4 is 46.1 Å². The van der Waals surface area contributed by atoms with Crippen molar-refractivity contribution < 1.29 is 0 Å². The molecular formula is C9H5Cl3N2S. The summed E-state index contributed by atoms with van der Waals surface area (Å²) in [4.78, 5) is 0. The van der Waals surface area contributed by atoms with Gasteiger partial charge in [-0.25, -0.2) is 0 Å². The first-order chi connectivity index (χ1) is 7.15. The summed E-state index contributed by atoms with van der Waals surface area (Å²) in [7, 11) is 0. The summed E-state index contributed by atoms with van der Waals surface area (Å²) >= 11 is 18.7. The molecule has 0 aliphatic carbocycles. The first-order valence-corrected chi connectivity index (χ1v) is 6.02. The summed E-state index contributed by atoms with van der Waals surface area (Å²) in [6.45, 7) is 0. The third-order valence-electron chi connectivity index (χ3n) is 1.78. The fourth-order valence-corrected chi connectivity index (χ4v) is 2.35. The molecule has 6 heteroatoms. The number of aromatic nitrogens is 2. The zero-order chi connectivity index (χ0) is 10.8. The smallest absolute Gasteiger partial charge is 0.142 e. The monoisotopic (exact) mass is 278 g/mol. The molecule has 0 aliphatic heterocycles. The van der Waals surface area contributed by atoms with Gasteiger partial charge in [0, 0.05) is 6.42 Å². The second-order valence-corrected chi connectivity index (χ2v) is 5.33. The second-order valence-electron chi connectivity index (χ2n) is 2.87. The van der Waals surface area contributed by atoms with Crippen LogP contribution in [0.25, 0.3) is 0 Å². The highest BCUT2D eigenvalue weighted by Gasteiger charge is 2.05. The first kappa shape index (κ1) is 11.1. The van der Waals surface area contributed by atoms with Crippen LogP contribution in [0.1, 0.15) is 10.6 Å². The summed E-state index contributed by atoms with van der Waals surface area (Å²) in [6, 6.07) is 5.49. The molecule has 2 nitrogen and oxygen atoms in total. The van der Waals surface area contributed by atoms with Crippen LogP contribution in [0, 0.1) is 0 Å². The molecule has 0 bridgehead atoms. The Morgan fingerprint density at radius 3 is 2.47 bits per heavy atom. The summed E-state index contributed by atoms with van der Waals surface area (Å²) in [6.07, 6.45) is 0.668. The van der Waals surface area contributed by atoms with Gasteiger partial charge in [0.2, 0.25) is 4.47 Å². The molecule has 0 unspecified atom stereocenters. The van der Waals surface area contributed by atoms with E-state index in [9.17, 15) is 0 Å². The van der Waals surface area contributed by atoms with Crippen molar-refractivity contribution in [1.82, 2.24) is 10.2 Å². The molecule has 1 heterocycles. The van der Waals surface area contributed by atoms with Crippen molar-refractivity contribution in [3.05, 3.63) is 43.3 Å². The number of hydrogen-bond acceptors (Lipinski definition) is 3. The minimum absolute atomic E-state index is 0.449. The van der Waals surface area contributed by atoms with Crippen LogP contribution < -0.4 is 0 Å². The number of hydrogen-bond donors (Lipinski definition) is 0. The summed E-state index contributed by atoms with van der Waals surface area (Å²) < 4.78 is 0.449. The fourth-order valence-electron chi connectivity index (χ4n) is 1.13. The van der Waals surface area contributed by atoms with Crippen LogP contribution in [0.4, 0.5) is 0 Å². The molecule has 15 heavy (non-hydrogen) atoms. The largest absolute Gasteiger partial charge is 0.207 e. The van der Waals surface area contributed by atoms with Crippen molar-refractivity contribution in [3.63, 3.8) is 0 Å². The van der Waals surface area contributed by atoms with Crippen LogP contribution in [0.3, 0.4) is 0 Å². The summed E-state index contributed by atoms with van der Waals surface area (Å²) in [5.41, 5.74) is 1.04. The molecule has 1 aromatic heterocycles. The Hall–Kier alpha value is -0.350. The van der Waals surface area contributed by atoms with Crippen LogP contribution in [-0.2, 0) is 6.42 Å². The van der Waals surface area contributed by atoms with E-state index in [0.29, 0.717) is 20.9 Å². The normalized spacial score (nSPS) is 10.6. The average molecular weight is 280 g/mol. The molecule has 0 radical (unpaired) electrons. The number of rotatable bonds is 2. The quantitative estimate of drug-likeness (QED) is 0.827. The minimum Gasteiger partial charge on any atom is -0.142 e. The van der Waals surface area contributed by atoms with Gasteiger partial charge in [-0.2, -0.15) is 0 Å². The van der Waals surface area contributed by atoms with Gasteiger partial charge >= 0.3 is 0 Å². The zero-order valence-corrected chi connectivity index (χ0v) is 10.5. The van der Waals surface area contributed by atoms with Gasteiger partial charge in [-0.05, 0) is 29.3 Å². The van der Waals surface area contributed by atoms with Gasteiger partial charge in [0.05, 0.1) is 10.0 Å². The zero-order valence-electron chi connectivity index (χ0n) is 7.38. The fraction of sp³-hybridized carbons (Fsp3) is 0.111. The Kier molecular flexibility index (Phi) is 3.46. The molecule has 78 valence electrons. The molecule has 0 atom stereocenters. The summed E-state index contributed by atoms with van der Waals surface area (Å²) in [5, 5.41) is 9.61. The standard InChI is InChI=1S/C9H5Cl3N2S/c10-6-2-1-5(3-7(6)11)4-8-13-14-9(12)15-8/h1-3H,4H2. The third-order valence-corrected chi connectivity index (χ3v) is 3.54. The van der Waals surface area contributed by atoms with Crippen LogP contribution in [0.2, 0.25) is 14.5 Å². The Morgan fingerprint density at radius 1 is 1.07 bits per heavy atom. The van der Waals surface area contributed by atoms with Gasteiger partial charge in [-0.1, -0.05) is 40.6 Å². The van der Waals surface area contributed by atoms with Crippen molar-refractivity contribution in [2.75, 3.05) is 0 Å². The van der Waals surface area contributed by atoms with Crippen molar-refractivity contribution in [3.8, 4) is 0 Å². The molecule has 0 spiro atoms. The lowest BCUT2D eigenvalue weighted by Gasteiger charge is -1.99. The average Bonchev–Trinajstić information content (AvgIpc) is 2.58. The lowest BCUT2D eigenvalue weighted by Crippen LogP contribution is -1.87. The maximum absolute atomic E-state index is 5.89. The molecule has 2 aromatic rings. The minimum atomic E-state index is 0.449.